The van der Waals surface area contributed by atoms with Crippen LogP contribution in [0.15, 0.2) is 0 Å². The first-order valence-corrected chi connectivity index (χ1v) is 6.37. The van der Waals surface area contributed by atoms with Crippen molar-refractivity contribution in [3.05, 3.63) is 0 Å². The molecule has 0 heterocycles. The van der Waals surface area contributed by atoms with Crippen LogP contribution in [0.2, 0.25) is 0 Å². The quantitative estimate of drug-likeness (QED) is 0.642. The van der Waals surface area contributed by atoms with Gasteiger partial charge < -0.3 is 9.90 Å². The van der Waals surface area contributed by atoms with Crippen LogP contribution in [0, 0.1) is 40.9 Å². The fourth-order valence-electron chi connectivity index (χ4n) is 5.86. The Morgan fingerprint density at radius 1 is 1.33 bits per heavy atom. The van der Waals surface area contributed by atoms with Gasteiger partial charge in [0, 0.05) is 11.9 Å². The van der Waals surface area contributed by atoms with E-state index in [1.165, 1.54) is 19.3 Å². The van der Waals surface area contributed by atoms with Gasteiger partial charge in [0.15, 0.2) is 0 Å². The molecule has 4 fully saturated rings. The Bertz CT molecular complexity index is 350. The van der Waals surface area contributed by atoms with Crippen LogP contribution >= 0.6 is 0 Å². The van der Waals surface area contributed by atoms with Gasteiger partial charge in [-0.25, -0.2) is 0 Å². The smallest absolute Gasteiger partial charge is 0.0451 e. The van der Waals surface area contributed by atoms with Crippen LogP contribution in [0.1, 0.15) is 32.6 Å². The molecule has 0 saturated heterocycles. The van der Waals surface area contributed by atoms with Gasteiger partial charge >= 0.3 is 0 Å². The monoisotopic (exact) mass is 205 g/mol. The van der Waals surface area contributed by atoms with E-state index in [9.17, 15) is 9.90 Å². The Kier molecular flexibility index (Phi) is 1.29. The topological polar surface area (TPSA) is 40.1 Å². The van der Waals surface area contributed by atoms with Gasteiger partial charge in [0.25, 0.3) is 0 Å². The second kappa shape index (κ2) is 2.26. The highest BCUT2D eigenvalue weighted by Gasteiger charge is 2.77. The number of carboxylic acids is 1. The molecule has 1 spiro atoms. The molecule has 2 nitrogen and oxygen atoms in total. The van der Waals surface area contributed by atoms with Crippen molar-refractivity contribution in [2.24, 2.45) is 40.9 Å². The van der Waals surface area contributed by atoms with Gasteiger partial charge in [-0.15, -0.1) is 0 Å². The molecule has 0 unspecified atom stereocenters. The molecule has 4 aliphatic carbocycles. The number of carboxylic acid groups (broad SMARTS) is 1. The van der Waals surface area contributed by atoms with Crippen molar-refractivity contribution in [2.45, 2.75) is 32.6 Å². The number of rotatable bonds is 1. The summed E-state index contributed by atoms with van der Waals surface area (Å²) in [6.07, 6.45) is 5.13. The van der Waals surface area contributed by atoms with E-state index < -0.39 is 5.97 Å². The summed E-state index contributed by atoms with van der Waals surface area (Å²) in [4.78, 5) is 11.0. The zero-order valence-electron chi connectivity index (χ0n) is 9.11. The van der Waals surface area contributed by atoms with Crippen molar-refractivity contribution < 1.29 is 9.90 Å². The van der Waals surface area contributed by atoms with Crippen molar-refractivity contribution in [2.75, 3.05) is 0 Å². The lowest BCUT2D eigenvalue weighted by atomic mass is 9.49. The first kappa shape index (κ1) is 8.60. The third-order valence-electron chi connectivity index (χ3n) is 6.36. The Labute approximate surface area is 90.1 Å². The minimum absolute atomic E-state index is 0.0897. The van der Waals surface area contributed by atoms with E-state index in [-0.39, 0.29) is 11.3 Å². The number of carbonyl (C=O) groups excluding carboxylic acids is 1. The van der Waals surface area contributed by atoms with Gasteiger partial charge in [-0.3, -0.25) is 0 Å². The average molecular weight is 205 g/mol. The maximum absolute atomic E-state index is 11.0. The lowest BCUT2D eigenvalue weighted by Crippen LogP contribution is -2.52. The predicted octanol–water partition coefficient (Wildman–Crippen LogP) is 1.05. The molecule has 0 radical (unpaired) electrons. The van der Waals surface area contributed by atoms with Crippen LogP contribution in [-0.4, -0.2) is 5.97 Å². The molecule has 4 saturated carbocycles. The fourth-order valence-corrected chi connectivity index (χ4v) is 5.86. The van der Waals surface area contributed by atoms with E-state index >= 15 is 0 Å². The number of fused-ring (bicyclic) bond motifs is 6. The normalized spacial score (nSPS) is 64.1. The summed E-state index contributed by atoms with van der Waals surface area (Å²) in [6, 6.07) is 0. The Morgan fingerprint density at radius 3 is 2.73 bits per heavy atom. The van der Waals surface area contributed by atoms with Crippen LogP contribution in [-0.2, 0) is 4.79 Å². The highest BCUT2D eigenvalue weighted by Crippen LogP contribution is 2.81. The molecule has 0 aliphatic heterocycles. The zero-order chi connectivity index (χ0) is 10.4. The molecule has 7 atom stereocenters. The molecule has 2 bridgehead atoms. The van der Waals surface area contributed by atoms with E-state index in [1.807, 2.05) is 0 Å². The molecule has 4 aliphatic rings. The van der Waals surface area contributed by atoms with Gasteiger partial charge in [0.1, 0.15) is 0 Å². The molecule has 0 aromatic heterocycles. The first-order chi connectivity index (χ1) is 7.16. The zero-order valence-corrected chi connectivity index (χ0v) is 9.11. The molecular formula is C13H17O2-. The van der Waals surface area contributed by atoms with Crippen LogP contribution in [0.4, 0.5) is 0 Å². The van der Waals surface area contributed by atoms with Crippen LogP contribution in [0.25, 0.3) is 0 Å². The summed E-state index contributed by atoms with van der Waals surface area (Å²) in [5.74, 6) is 3.28. The van der Waals surface area contributed by atoms with E-state index in [0.29, 0.717) is 5.92 Å². The number of aliphatic carboxylic acids is 1. The number of carbonyl (C=O) groups is 1. The van der Waals surface area contributed by atoms with E-state index in [0.717, 1.165) is 30.1 Å². The summed E-state index contributed by atoms with van der Waals surface area (Å²) in [5.41, 5.74) is 0.212. The summed E-state index contributed by atoms with van der Waals surface area (Å²) in [5, 5.41) is 11.0. The Balaban J connectivity index is 1.67. The van der Waals surface area contributed by atoms with Gasteiger partial charge in [-0.2, -0.15) is 0 Å². The van der Waals surface area contributed by atoms with Gasteiger partial charge in [-0.1, -0.05) is 6.92 Å². The summed E-state index contributed by atoms with van der Waals surface area (Å²) >= 11 is 0. The summed E-state index contributed by atoms with van der Waals surface area (Å²) in [6.45, 7) is 2.30. The number of hydrogen-bond acceptors (Lipinski definition) is 2. The second-order valence-electron chi connectivity index (χ2n) is 6.41. The van der Waals surface area contributed by atoms with E-state index in [1.54, 1.807) is 0 Å². The fraction of sp³-hybridized carbons (Fsp3) is 0.923. The molecule has 4 rings (SSSR count). The number of hydrogen-bond donors (Lipinski definition) is 0. The lowest BCUT2D eigenvalue weighted by Gasteiger charge is -2.55. The molecule has 2 heteroatoms. The van der Waals surface area contributed by atoms with E-state index in [2.05, 4.69) is 6.92 Å². The van der Waals surface area contributed by atoms with Crippen molar-refractivity contribution >= 4 is 5.97 Å². The van der Waals surface area contributed by atoms with E-state index in [4.69, 9.17) is 0 Å². The van der Waals surface area contributed by atoms with Crippen LogP contribution in [0.3, 0.4) is 0 Å². The van der Waals surface area contributed by atoms with Crippen LogP contribution in [0.5, 0.6) is 0 Å². The molecule has 15 heavy (non-hydrogen) atoms. The largest absolute Gasteiger partial charge is 0.550 e. The van der Waals surface area contributed by atoms with Gasteiger partial charge in [0.2, 0.25) is 0 Å². The SMILES string of the molecule is C[C@H]1[C@H]2[C@@H]3CC[C@H](C3)[C@@H]2[C@@]12C[C@@H]2C(=O)[O-]. The maximum atomic E-state index is 11.0. The first-order valence-electron chi connectivity index (χ1n) is 6.37. The third-order valence-corrected chi connectivity index (χ3v) is 6.36. The second-order valence-corrected chi connectivity index (χ2v) is 6.41. The molecule has 0 N–H and O–H groups in total. The Morgan fingerprint density at radius 2 is 2.07 bits per heavy atom. The van der Waals surface area contributed by atoms with Crippen molar-refractivity contribution in [3.63, 3.8) is 0 Å². The Hall–Kier alpha value is -0.530. The molecule has 0 amide bonds. The van der Waals surface area contributed by atoms with Gasteiger partial charge in [-0.05, 0) is 60.7 Å². The third kappa shape index (κ3) is 0.724. The highest BCUT2D eigenvalue weighted by atomic mass is 16.4. The van der Waals surface area contributed by atoms with Gasteiger partial charge in [0.05, 0.1) is 0 Å². The molecular weight excluding hydrogens is 188 g/mol. The minimum atomic E-state index is -0.775. The van der Waals surface area contributed by atoms with Crippen molar-refractivity contribution in [1.82, 2.24) is 0 Å². The van der Waals surface area contributed by atoms with Crippen molar-refractivity contribution in [1.29, 1.82) is 0 Å². The lowest BCUT2D eigenvalue weighted by molar-refractivity contribution is -0.310. The molecule has 0 aromatic rings. The summed E-state index contributed by atoms with van der Waals surface area (Å²) in [7, 11) is 0. The molecule has 0 aromatic carbocycles. The van der Waals surface area contributed by atoms with Crippen molar-refractivity contribution in [3.8, 4) is 0 Å². The minimum Gasteiger partial charge on any atom is -0.550 e. The maximum Gasteiger partial charge on any atom is 0.0451 e. The molecule has 82 valence electrons. The highest BCUT2D eigenvalue weighted by molar-refractivity contribution is 5.73. The standard InChI is InChI=1S/C13H18O2/c1-6-10-7-2-3-8(4-7)11(10)13(6)5-9(13)12(14)15/h6-11H,2-5H2,1H3,(H,14,15)/p-1/t6-,7+,8+,9+,10-,11-,13-/m0/s1. The summed E-state index contributed by atoms with van der Waals surface area (Å²) < 4.78 is 0. The predicted molar refractivity (Wildman–Crippen MR) is 52.5 cm³/mol. The average Bonchev–Trinajstić information content (AvgIpc) is 2.75. The van der Waals surface area contributed by atoms with Crippen LogP contribution < -0.4 is 5.11 Å².